The summed E-state index contributed by atoms with van der Waals surface area (Å²) in [6, 6.07) is 7.63. The second-order valence-electron chi connectivity index (χ2n) is 3.97. The third kappa shape index (κ3) is 3.52. The quantitative estimate of drug-likeness (QED) is 0.864. The topological polar surface area (TPSA) is 38.3 Å². The van der Waals surface area contributed by atoms with Crippen molar-refractivity contribution in [3.05, 3.63) is 29.8 Å². The van der Waals surface area contributed by atoms with Crippen LogP contribution in [-0.4, -0.2) is 17.3 Å². The lowest BCUT2D eigenvalue weighted by Gasteiger charge is -2.16. The number of hydrogen-bond acceptors (Lipinski definition) is 2. The number of halogens is 1. The molecule has 3 nitrogen and oxygen atoms in total. The monoisotopic (exact) mass is 285 g/mol. The van der Waals surface area contributed by atoms with E-state index in [1.54, 1.807) is 7.11 Å². The molecular weight excluding hydrogens is 270 g/mol. The van der Waals surface area contributed by atoms with Crippen LogP contribution in [0.4, 0.5) is 0 Å². The molecule has 4 heteroatoms. The number of hydrogen-bond donors (Lipinski definition) is 1. The molecule has 0 bridgehead atoms. The molecule has 1 amide bonds. The van der Waals surface area contributed by atoms with E-state index in [0.29, 0.717) is 6.54 Å². The fraction of sp³-hybridized carbons (Fsp3) is 0.417. The first kappa shape index (κ1) is 13.0. The van der Waals surface area contributed by atoms with Crippen molar-refractivity contribution in [3.8, 4) is 5.75 Å². The van der Waals surface area contributed by atoms with Crippen LogP contribution in [-0.2, 0) is 11.3 Å². The largest absolute Gasteiger partial charge is 0.496 e. The molecule has 1 aromatic rings. The Hall–Kier alpha value is -1.03. The Kier molecular flexibility index (Phi) is 4.35. The Bertz CT molecular complexity index is 372. The van der Waals surface area contributed by atoms with Crippen LogP contribution in [0.2, 0.25) is 0 Å². The van der Waals surface area contributed by atoms with E-state index in [-0.39, 0.29) is 5.91 Å². The predicted octanol–water partition coefficient (Wildman–Crippen LogP) is 2.48. The van der Waals surface area contributed by atoms with Crippen molar-refractivity contribution in [1.82, 2.24) is 5.32 Å². The van der Waals surface area contributed by atoms with Gasteiger partial charge in [0.15, 0.2) is 0 Å². The first-order valence-corrected chi connectivity index (χ1v) is 5.83. The van der Waals surface area contributed by atoms with Crippen molar-refractivity contribution in [2.75, 3.05) is 7.11 Å². The van der Waals surface area contributed by atoms with Gasteiger partial charge in [0.25, 0.3) is 0 Å². The van der Waals surface area contributed by atoms with Gasteiger partial charge < -0.3 is 10.1 Å². The fourth-order valence-electron chi connectivity index (χ4n) is 1.23. The zero-order chi connectivity index (χ0) is 12.2. The van der Waals surface area contributed by atoms with E-state index in [4.69, 9.17) is 4.74 Å². The third-order valence-corrected chi connectivity index (χ3v) is 2.53. The minimum Gasteiger partial charge on any atom is -0.496 e. The third-order valence-electron chi connectivity index (χ3n) is 2.17. The lowest BCUT2D eigenvalue weighted by atomic mass is 10.1. The van der Waals surface area contributed by atoms with E-state index >= 15 is 0 Å². The summed E-state index contributed by atoms with van der Waals surface area (Å²) in [6.07, 6.45) is 0. The lowest BCUT2D eigenvalue weighted by Crippen LogP contribution is -2.37. The van der Waals surface area contributed by atoms with Gasteiger partial charge in [0, 0.05) is 12.1 Å². The Morgan fingerprint density at radius 3 is 2.62 bits per heavy atom. The number of methoxy groups -OCH3 is 1. The zero-order valence-corrected chi connectivity index (χ0v) is 11.3. The van der Waals surface area contributed by atoms with Gasteiger partial charge in [-0.25, -0.2) is 0 Å². The number of alkyl halides is 1. The molecule has 0 aromatic heterocycles. The van der Waals surface area contributed by atoms with Gasteiger partial charge in [-0.05, 0) is 19.9 Å². The number of benzene rings is 1. The smallest absolute Gasteiger partial charge is 0.236 e. The molecule has 0 heterocycles. The average Bonchev–Trinajstić information content (AvgIpc) is 2.24. The highest BCUT2D eigenvalue weighted by atomic mass is 79.9. The summed E-state index contributed by atoms with van der Waals surface area (Å²) in [5.74, 6) is 0.744. The highest BCUT2D eigenvalue weighted by Gasteiger charge is 2.23. The molecule has 0 saturated heterocycles. The van der Waals surface area contributed by atoms with Gasteiger partial charge in [0.05, 0.1) is 11.4 Å². The van der Waals surface area contributed by atoms with Crippen molar-refractivity contribution >= 4 is 21.8 Å². The van der Waals surface area contributed by atoms with Gasteiger partial charge in [-0.2, -0.15) is 0 Å². The number of carbonyl (C=O) groups excluding carboxylic acids is 1. The molecule has 0 aliphatic carbocycles. The Balaban J connectivity index is 2.65. The average molecular weight is 286 g/mol. The van der Waals surface area contributed by atoms with Gasteiger partial charge in [-0.1, -0.05) is 34.1 Å². The van der Waals surface area contributed by atoms with Gasteiger partial charge in [0.1, 0.15) is 5.75 Å². The first-order valence-electron chi connectivity index (χ1n) is 5.04. The standard InChI is InChI=1S/C12H16BrNO2/c1-12(2,13)11(15)14-8-9-6-4-5-7-10(9)16-3/h4-7H,8H2,1-3H3,(H,14,15). The molecule has 1 aromatic carbocycles. The molecule has 0 atom stereocenters. The second-order valence-corrected chi connectivity index (χ2v) is 5.95. The van der Waals surface area contributed by atoms with Crippen LogP contribution in [0.15, 0.2) is 24.3 Å². The number of carbonyl (C=O) groups is 1. The molecule has 0 aliphatic heterocycles. The molecule has 0 saturated carbocycles. The molecule has 0 aliphatic rings. The molecule has 16 heavy (non-hydrogen) atoms. The van der Waals surface area contributed by atoms with E-state index in [9.17, 15) is 4.79 Å². The summed E-state index contributed by atoms with van der Waals surface area (Å²) in [5.41, 5.74) is 0.968. The van der Waals surface area contributed by atoms with Crippen LogP contribution in [0.3, 0.4) is 0 Å². The van der Waals surface area contributed by atoms with Crippen molar-refractivity contribution in [2.24, 2.45) is 0 Å². The minimum atomic E-state index is -0.547. The molecule has 0 fully saturated rings. The van der Waals surface area contributed by atoms with Crippen LogP contribution < -0.4 is 10.1 Å². The number of rotatable bonds is 4. The van der Waals surface area contributed by atoms with Crippen LogP contribution >= 0.6 is 15.9 Å². The molecule has 0 unspecified atom stereocenters. The van der Waals surface area contributed by atoms with Crippen LogP contribution in [0.5, 0.6) is 5.75 Å². The second kappa shape index (κ2) is 5.34. The summed E-state index contributed by atoms with van der Waals surface area (Å²) < 4.78 is 4.65. The number of para-hydroxylation sites is 1. The number of ether oxygens (including phenoxy) is 1. The normalized spacial score (nSPS) is 11.0. The van der Waals surface area contributed by atoms with E-state index in [1.807, 2.05) is 38.1 Å². The van der Waals surface area contributed by atoms with E-state index < -0.39 is 4.32 Å². The van der Waals surface area contributed by atoms with Crippen LogP contribution in [0, 0.1) is 0 Å². The highest BCUT2D eigenvalue weighted by molar-refractivity contribution is 9.10. The molecule has 0 spiro atoms. The first-order chi connectivity index (χ1) is 7.45. The van der Waals surface area contributed by atoms with Crippen molar-refractivity contribution in [1.29, 1.82) is 0 Å². The molecule has 88 valence electrons. The summed E-state index contributed by atoms with van der Waals surface area (Å²) in [7, 11) is 1.62. The fourth-order valence-corrected chi connectivity index (χ4v) is 1.37. The van der Waals surface area contributed by atoms with Crippen molar-refractivity contribution in [3.63, 3.8) is 0 Å². The van der Waals surface area contributed by atoms with Crippen LogP contribution in [0.25, 0.3) is 0 Å². The van der Waals surface area contributed by atoms with Crippen molar-refractivity contribution in [2.45, 2.75) is 24.7 Å². The highest BCUT2D eigenvalue weighted by Crippen LogP contribution is 2.19. The Labute approximate surface area is 104 Å². The van der Waals surface area contributed by atoms with E-state index in [1.165, 1.54) is 0 Å². The number of nitrogens with one attached hydrogen (secondary N) is 1. The number of amides is 1. The summed E-state index contributed by atoms with van der Waals surface area (Å²) in [6.45, 7) is 4.09. The van der Waals surface area contributed by atoms with E-state index in [0.717, 1.165) is 11.3 Å². The molecule has 1 N–H and O–H groups in total. The zero-order valence-electron chi connectivity index (χ0n) is 9.71. The molecular formula is C12H16BrNO2. The maximum atomic E-state index is 11.6. The van der Waals surface area contributed by atoms with Gasteiger partial charge in [-0.15, -0.1) is 0 Å². The van der Waals surface area contributed by atoms with Gasteiger partial charge in [-0.3, -0.25) is 4.79 Å². The van der Waals surface area contributed by atoms with Crippen LogP contribution in [0.1, 0.15) is 19.4 Å². The Morgan fingerprint density at radius 2 is 2.06 bits per heavy atom. The maximum absolute atomic E-state index is 11.6. The van der Waals surface area contributed by atoms with E-state index in [2.05, 4.69) is 21.2 Å². The lowest BCUT2D eigenvalue weighted by molar-refractivity contribution is -0.122. The predicted molar refractivity (Wildman–Crippen MR) is 67.8 cm³/mol. The summed E-state index contributed by atoms with van der Waals surface area (Å²) in [5, 5.41) is 2.85. The van der Waals surface area contributed by atoms with Gasteiger partial charge >= 0.3 is 0 Å². The van der Waals surface area contributed by atoms with Crippen molar-refractivity contribution < 1.29 is 9.53 Å². The molecule has 0 radical (unpaired) electrons. The minimum absolute atomic E-state index is 0.0431. The van der Waals surface area contributed by atoms with Gasteiger partial charge in [0.2, 0.25) is 5.91 Å². The summed E-state index contributed by atoms with van der Waals surface area (Å²) >= 11 is 3.31. The maximum Gasteiger partial charge on any atom is 0.236 e. The Morgan fingerprint density at radius 1 is 1.44 bits per heavy atom. The molecule has 1 rings (SSSR count). The SMILES string of the molecule is COc1ccccc1CNC(=O)C(C)(C)Br. The summed E-state index contributed by atoms with van der Waals surface area (Å²) in [4.78, 5) is 11.6.